The SMILES string of the molecule is COc1ccccc1[C@@H](NC(=O)[C@@H]1CC(=O)N(c2cccc(C(F)(F)F)c2)C1)c1nccn1C. The van der Waals surface area contributed by atoms with Crippen LogP contribution in [0.4, 0.5) is 18.9 Å². The number of aromatic nitrogens is 2. The molecule has 10 heteroatoms. The maximum Gasteiger partial charge on any atom is 0.416 e. The lowest BCUT2D eigenvalue weighted by Crippen LogP contribution is -2.37. The van der Waals surface area contributed by atoms with Gasteiger partial charge < -0.3 is 19.5 Å². The van der Waals surface area contributed by atoms with Crippen molar-refractivity contribution in [2.45, 2.75) is 18.6 Å². The molecule has 2 amide bonds. The number of rotatable bonds is 6. The quantitative estimate of drug-likeness (QED) is 0.594. The van der Waals surface area contributed by atoms with Crippen LogP contribution in [0.3, 0.4) is 0 Å². The van der Waals surface area contributed by atoms with E-state index in [-0.39, 0.29) is 18.7 Å². The Morgan fingerprint density at radius 3 is 2.65 bits per heavy atom. The van der Waals surface area contributed by atoms with Crippen LogP contribution in [0.25, 0.3) is 0 Å². The van der Waals surface area contributed by atoms with E-state index in [9.17, 15) is 22.8 Å². The topological polar surface area (TPSA) is 76.5 Å². The van der Waals surface area contributed by atoms with Crippen molar-refractivity contribution in [2.24, 2.45) is 13.0 Å². The normalized spacial score (nSPS) is 17.0. The fourth-order valence-corrected chi connectivity index (χ4v) is 4.08. The van der Waals surface area contributed by atoms with E-state index in [2.05, 4.69) is 10.3 Å². The Bertz CT molecular complexity index is 1210. The van der Waals surface area contributed by atoms with Crippen LogP contribution in [0.5, 0.6) is 5.75 Å². The Hall–Kier alpha value is -3.82. The number of ether oxygens (including phenoxy) is 1. The molecule has 1 saturated heterocycles. The molecule has 2 heterocycles. The van der Waals surface area contributed by atoms with Gasteiger partial charge in [-0.3, -0.25) is 9.59 Å². The van der Waals surface area contributed by atoms with Crippen LogP contribution in [0, 0.1) is 5.92 Å². The van der Waals surface area contributed by atoms with E-state index in [4.69, 9.17) is 4.74 Å². The molecular weight excluding hydrogens is 449 g/mol. The molecule has 0 unspecified atom stereocenters. The average Bonchev–Trinajstić information content (AvgIpc) is 3.42. The number of carbonyl (C=O) groups is 2. The summed E-state index contributed by atoms with van der Waals surface area (Å²) < 4.78 is 46.5. The fourth-order valence-electron chi connectivity index (χ4n) is 4.08. The van der Waals surface area contributed by atoms with Crippen molar-refractivity contribution in [2.75, 3.05) is 18.6 Å². The zero-order valence-electron chi connectivity index (χ0n) is 18.5. The number of methoxy groups -OCH3 is 1. The van der Waals surface area contributed by atoms with Crippen LogP contribution >= 0.6 is 0 Å². The lowest BCUT2D eigenvalue weighted by Gasteiger charge is -2.23. The number of imidazole rings is 1. The smallest absolute Gasteiger partial charge is 0.416 e. The summed E-state index contributed by atoms with van der Waals surface area (Å²) in [4.78, 5) is 31.4. The molecule has 0 bridgehead atoms. The monoisotopic (exact) mass is 472 g/mol. The third kappa shape index (κ3) is 4.61. The number of nitrogens with one attached hydrogen (secondary N) is 1. The molecule has 0 spiro atoms. The van der Waals surface area contributed by atoms with Gasteiger partial charge in [0, 0.05) is 43.7 Å². The highest BCUT2D eigenvalue weighted by Gasteiger charge is 2.38. The Balaban J connectivity index is 1.58. The first-order valence-corrected chi connectivity index (χ1v) is 10.6. The summed E-state index contributed by atoms with van der Waals surface area (Å²) in [6.45, 7) is -0.0226. The number of aryl methyl sites for hydroxylation is 1. The zero-order chi connectivity index (χ0) is 24.5. The minimum absolute atomic E-state index is 0.0226. The molecule has 7 nitrogen and oxygen atoms in total. The van der Waals surface area contributed by atoms with Gasteiger partial charge in [0.05, 0.1) is 18.6 Å². The molecule has 2 aromatic carbocycles. The number of para-hydroxylation sites is 1. The predicted octanol–water partition coefficient (Wildman–Crippen LogP) is 3.71. The zero-order valence-corrected chi connectivity index (χ0v) is 18.5. The standard InChI is InChI=1S/C24H23F3N4O3/c1-30-11-10-28-22(30)21(18-8-3-4-9-19(18)34-2)29-23(33)15-12-20(32)31(14-15)17-7-5-6-16(13-17)24(25,26)27/h3-11,13,15,21H,12,14H2,1-2H3,(H,29,33)/t15-,21-/m1/s1. The van der Waals surface area contributed by atoms with Crippen LogP contribution < -0.4 is 15.0 Å². The second-order valence-electron chi connectivity index (χ2n) is 8.03. The van der Waals surface area contributed by atoms with E-state index in [1.54, 1.807) is 30.1 Å². The summed E-state index contributed by atoms with van der Waals surface area (Å²) in [7, 11) is 3.32. The number of amides is 2. The van der Waals surface area contributed by atoms with Crippen molar-refractivity contribution < 1.29 is 27.5 Å². The van der Waals surface area contributed by atoms with E-state index in [1.807, 2.05) is 18.2 Å². The minimum atomic E-state index is -4.53. The lowest BCUT2D eigenvalue weighted by molar-refractivity contribution is -0.137. The lowest BCUT2D eigenvalue weighted by atomic mass is 10.0. The maximum absolute atomic E-state index is 13.2. The number of carbonyl (C=O) groups excluding carboxylic acids is 2. The Labute approximate surface area is 194 Å². The van der Waals surface area contributed by atoms with Crippen molar-refractivity contribution in [3.05, 3.63) is 77.9 Å². The van der Waals surface area contributed by atoms with Crippen LogP contribution in [-0.4, -0.2) is 35.0 Å². The molecule has 34 heavy (non-hydrogen) atoms. The Kier molecular flexibility index (Phi) is 6.32. The molecule has 2 atom stereocenters. The molecule has 0 radical (unpaired) electrons. The van der Waals surface area contributed by atoms with Gasteiger partial charge >= 0.3 is 6.18 Å². The summed E-state index contributed by atoms with van der Waals surface area (Å²) in [6.07, 6.45) is -1.28. The first-order chi connectivity index (χ1) is 16.2. The third-order valence-corrected chi connectivity index (χ3v) is 5.83. The van der Waals surface area contributed by atoms with Crippen molar-refractivity contribution >= 4 is 17.5 Å². The van der Waals surface area contributed by atoms with E-state index < -0.39 is 35.5 Å². The summed E-state index contributed by atoms with van der Waals surface area (Å²) in [5, 5.41) is 2.96. The molecule has 1 N–H and O–H groups in total. The predicted molar refractivity (Wildman–Crippen MR) is 118 cm³/mol. The maximum atomic E-state index is 13.2. The van der Waals surface area contributed by atoms with Gasteiger partial charge in [-0.15, -0.1) is 0 Å². The molecule has 1 aliphatic heterocycles. The van der Waals surface area contributed by atoms with Gasteiger partial charge in [0.15, 0.2) is 0 Å². The molecule has 0 aliphatic carbocycles. The van der Waals surface area contributed by atoms with Crippen LogP contribution in [0.1, 0.15) is 29.4 Å². The van der Waals surface area contributed by atoms with E-state index in [1.165, 1.54) is 24.1 Å². The number of hydrogen-bond donors (Lipinski definition) is 1. The Morgan fingerprint density at radius 2 is 1.97 bits per heavy atom. The first-order valence-electron chi connectivity index (χ1n) is 10.6. The molecule has 3 aromatic rings. The van der Waals surface area contributed by atoms with Crippen LogP contribution in [-0.2, 0) is 22.8 Å². The molecular formula is C24H23F3N4O3. The van der Waals surface area contributed by atoms with E-state index in [0.717, 1.165) is 12.1 Å². The van der Waals surface area contributed by atoms with Crippen molar-refractivity contribution in [3.63, 3.8) is 0 Å². The van der Waals surface area contributed by atoms with E-state index in [0.29, 0.717) is 17.1 Å². The number of nitrogens with zero attached hydrogens (tertiary/aromatic N) is 3. The highest BCUT2D eigenvalue weighted by molar-refractivity contribution is 6.00. The highest BCUT2D eigenvalue weighted by Crippen LogP contribution is 2.34. The van der Waals surface area contributed by atoms with Crippen molar-refractivity contribution in [1.82, 2.24) is 14.9 Å². The molecule has 1 aliphatic rings. The largest absolute Gasteiger partial charge is 0.496 e. The van der Waals surface area contributed by atoms with Gasteiger partial charge in [-0.1, -0.05) is 24.3 Å². The molecule has 0 saturated carbocycles. The van der Waals surface area contributed by atoms with Gasteiger partial charge in [-0.05, 0) is 24.3 Å². The van der Waals surface area contributed by atoms with Crippen LogP contribution in [0.2, 0.25) is 0 Å². The molecule has 1 aromatic heterocycles. The van der Waals surface area contributed by atoms with Gasteiger partial charge in [0.1, 0.15) is 17.6 Å². The van der Waals surface area contributed by atoms with Crippen molar-refractivity contribution in [3.8, 4) is 5.75 Å². The van der Waals surface area contributed by atoms with Crippen molar-refractivity contribution in [1.29, 1.82) is 0 Å². The van der Waals surface area contributed by atoms with Crippen LogP contribution in [0.15, 0.2) is 60.9 Å². The number of hydrogen-bond acceptors (Lipinski definition) is 4. The average molecular weight is 472 g/mol. The van der Waals surface area contributed by atoms with Gasteiger partial charge in [0.25, 0.3) is 0 Å². The molecule has 178 valence electrons. The van der Waals surface area contributed by atoms with E-state index >= 15 is 0 Å². The molecule has 4 rings (SSSR count). The number of anilines is 1. The highest BCUT2D eigenvalue weighted by atomic mass is 19.4. The minimum Gasteiger partial charge on any atom is -0.496 e. The van der Waals surface area contributed by atoms with Gasteiger partial charge in [-0.25, -0.2) is 4.98 Å². The number of alkyl halides is 3. The fraction of sp³-hybridized carbons (Fsp3) is 0.292. The summed E-state index contributed by atoms with van der Waals surface area (Å²) in [6, 6.07) is 11.1. The second kappa shape index (κ2) is 9.20. The number of benzene rings is 2. The third-order valence-electron chi connectivity index (χ3n) is 5.83. The Morgan fingerprint density at radius 1 is 1.21 bits per heavy atom. The van der Waals surface area contributed by atoms with Gasteiger partial charge in [-0.2, -0.15) is 13.2 Å². The van der Waals surface area contributed by atoms with Gasteiger partial charge in [0.2, 0.25) is 11.8 Å². The molecule has 1 fully saturated rings. The number of halogens is 3. The summed E-state index contributed by atoms with van der Waals surface area (Å²) >= 11 is 0. The summed E-state index contributed by atoms with van der Waals surface area (Å²) in [5.41, 5.74) is -0.0519. The first kappa shape index (κ1) is 23.3. The second-order valence-corrected chi connectivity index (χ2v) is 8.03. The summed E-state index contributed by atoms with van der Waals surface area (Å²) in [5.74, 6) is -0.424.